The Balaban J connectivity index is 1.51. The van der Waals surface area contributed by atoms with Gasteiger partial charge in [0.1, 0.15) is 6.61 Å². The Bertz CT molecular complexity index is 718. The fraction of sp³-hybridized carbons (Fsp3) is 0.870. The molecule has 0 aromatic rings. The number of rotatable bonds is 1. The maximum absolute atomic E-state index is 12.1. The molecule has 1 aliphatic heterocycles. The second kappa shape index (κ2) is 6.05. The molecular weight excluding hydrogens is 356 g/mol. The molecule has 4 fully saturated rings. The van der Waals surface area contributed by atoms with Crippen molar-refractivity contribution in [3.8, 4) is 0 Å². The van der Waals surface area contributed by atoms with Gasteiger partial charge in [0.25, 0.3) is 0 Å². The van der Waals surface area contributed by atoms with E-state index in [1.165, 1.54) is 0 Å². The van der Waals surface area contributed by atoms with Crippen molar-refractivity contribution in [2.24, 2.45) is 34.5 Å². The molecule has 4 saturated carbocycles. The van der Waals surface area contributed by atoms with Crippen LogP contribution in [0.15, 0.2) is 11.6 Å². The van der Waals surface area contributed by atoms with Crippen molar-refractivity contribution in [2.45, 2.75) is 83.0 Å². The van der Waals surface area contributed by atoms with E-state index in [0.29, 0.717) is 18.9 Å². The lowest BCUT2D eigenvalue weighted by Crippen LogP contribution is -2.66. The third kappa shape index (κ3) is 2.33. The molecule has 0 bridgehead atoms. The molecule has 0 saturated heterocycles. The van der Waals surface area contributed by atoms with Crippen LogP contribution in [0.1, 0.15) is 65.2 Å². The van der Waals surface area contributed by atoms with Gasteiger partial charge in [-0.15, -0.1) is 0 Å². The molecule has 0 radical (unpaired) electrons. The van der Waals surface area contributed by atoms with Crippen LogP contribution in [0.4, 0.5) is 0 Å². The van der Waals surface area contributed by atoms with E-state index >= 15 is 0 Å². The molecule has 1 heterocycles. The summed E-state index contributed by atoms with van der Waals surface area (Å²) < 4.78 is 5.17. The fourth-order valence-corrected chi connectivity index (χ4v) is 8.49. The zero-order chi connectivity index (χ0) is 19.9. The lowest BCUT2D eigenvalue weighted by atomic mass is 9.42. The molecule has 0 aromatic heterocycles. The van der Waals surface area contributed by atoms with Crippen LogP contribution in [0, 0.1) is 34.5 Å². The van der Waals surface area contributed by atoms with Crippen molar-refractivity contribution in [1.82, 2.24) is 0 Å². The highest BCUT2D eigenvalue weighted by molar-refractivity contribution is 5.85. The van der Waals surface area contributed by atoms with Gasteiger partial charge in [-0.25, -0.2) is 4.79 Å². The number of ether oxygens (including phenoxy) is 1. The average molecular weight is 391 g/mol. The van der Waals surface area contributed by atoms with Gasteiger partial charge in [0.05, 0.1) is 17.8 Å². The summed E-state index contributed by atoms with van der Waals surface area (Å²) in [7, 11) is 0. The first kappa shape index (κ1) is 19.1. The number of carbonyl (C=O) groups is 1. The van der Waals surface area contributed by atoms with E-state index < -0.39 is 17.1 Å². The van der Waals surface area contributed by atoms with Gasteiger partial charge in [-0.05, 0) is 86.0 Å². The summed E-state index contributed by atoms with van der Waals surface area (Å²) >= 11 is 0. The molecule has 5 heteroatoms. The third-order valence-corrected chi connectivity index (χ3v) is 9.89. The van der Waals surface area contributed by atoms with Gasteiger partial charge < -0.3 is 20.1 Å². The third-order valence-electron chi connectivity index (χ3n) is 9.89. The largest absolute Gasteiger partial charge is 0.458 e. The number of aliphatic hydroxyl groups excluding tert-OH is 2. The van der Waals surface area contributed by atoms with E-state index in [1.54, 1.807) is 6.08 Å². The highest BCUT2D eigenvalue weighted by Gasteiger charge is 2.69. The van der Waals surface area contributed by atoms with Crippen LogP contribution in [0.2, 0.25) is 0 Å². The van der Waals surface area contributed by atoms with Crippen LogP contribution in [0.25, 0.3) is 0 Å². The first-order valence-corrected chi connectivity index (χ1v) is 11.1. The quantitative estimate of drug-likeness (QED) is 0.599. The molecule has 5 rings (SSSR count). The Kier molecular flexibility index (Phi) is 4.12. The summed E-state index contributed by atoms with van der Waals surface area (Å²) in [6.07, 6.45) is 7.61. The van der Waals surface area contributed by atoms with E-state index in [0.717, 1.165) is 50.5 Å². The van der Waals surface area contributed by atoms with Gasteiger partial charge in [-0.3, -0.25) is 0 Å². The van der Waals surface area contributed by atoms with Gasteiger partial charge in [0.15, 0.2) is 0 Å². The minimum atomic E-state index is -0.807. The van der Waals surface area contributed by atoms with Crippen LogP contribution in [0.3, 0.4) is 0 Å². The molecule has 0 spiro atoms. The minimum absolute atomic E-state index is 0.0115. The predicted molar refractivity (Wildman–Crippen MR) is 103 cm³/mol. The van der Waals surface area contributed by atoms with E-state index in [4.69, 9.17) is 4.74 Å². The minimum Gasteiger partial charge on any atom is -0.458 e. The van der Waals surface area contributed by atoms with Crippen LogP contribution in [-0.4, -0.2) is 45.7 Å². The number of hydrogen-bond acceptors (Lipinski definition) is 5. The van der Waals surface area contributed by atoms with E-state index in [9.17, 15) is 20.1 Å². The lowest BCUT2D eigenvalue weighted by Gasteiger charge is -2.65. The van der Waals surface area contributed by atoms with Gasteiger partial charge in [-0.2, -0.15) is 0 Å². The van der Waals surface area contributed by atoms with E-state index in [-0.39, 0.29) is 35.2 Å². The van der Waals surface area contributed by atoms with Crippen molar-refractivity contribution >= 4 is 5.97 Å². The molecule has 0 aromatic carbocycles. The number of hydrogen-bond donors (Lipinski definition) is 3. The first-order chi connectivity index (χ1) is 13.2. The summed E-state index contributed by atoms with van der Waals surface area (Å²) in [6, 6.07) is 0. The molecular formula is C23H34O5. The summed E-state index contributed by atoms with van der Waals surface area (Å²) in [4.78, 5) is 11.6. The average Bonchev–Trinajstić information content (AvgIpc) is 3.16. The van der Waals surface area contributed by atoms with Gasteiger partial charge >= 0.3 is 5.97 Å². The van der Waals surface area contributed by atoms with Crippen molar-refractivity contribution in [1.29, 1.82) is 0 Å². The van der Waals surface area contributed by atoms with Crippen LogP contribution >= 0.6 is 0 Å². The molecule has 28 heavy (non-hydrogen) atoms. The second-order valence-corrected chi connectivity index (χ2v) is 10.9. The highest BCUT2D eigenvalue weighted by atomic mass is 16.5. The zero-order valence-corrected chi connectivity index (χ0v) is 17.1. The van der Waals surface area contributed by atoms with Gasteiger partial charge in [0, 0.05) is 11.5 Å². The standard InChI is InChI=1S/C23H34O5/c1-21-7-5-15(24)10-14(21)3-4-17-20(21)18(25)11-22(2)16(6-8-23(17,22)27)13-9-19(26)28-12-13/h9,14-18,20,24-25,27H,3-8,10-12H2,1-2H3/t14?,15?,16?,17?,18-,20?,21?,22?,23?/m1/s1. The van der Waals surface area contributed by atoms with Gasteiger partial charge in [0.2, 0.25) is 0 Å². The maximum atomic E-state index is 12.1. The maximum Gasteiger partial charge on any atom is 0.331 e. The number of fused-ring (bicyclic) bond motifs is 5. The summed E-state index contributed by atoms with van der Waals surface area (Å²) in [5.74, 6) is 0.420. The van der Waals surface area contributed by atoms with Crippen molar-refractivity contribution in [2.75, 3.05) is 6.61 Å². The van der Waals surface area contributed by atoms with Crippen LogP contribution < -0.4 is 0 Å². The number of aliphatic hydroxyl groups is 3. The predicted octanol–water partition coefficient (Wildman–Crippen LogP) is 2.58. The monoisotopic (exact) mass is 390 g/mol. The topological polar surface area (TPSA) is 87.0 Å². The van der Waals surface area contributed by atoms with E-state index in [1.807, 2.05) is 0 Å². The SMILES string of the molecule is CC12CCC(O)CC1CCC1C2[C@H](O)CC2(C)C(C3=CC(=O)OC3)CCC12O. The number of cyclic esters (lactones) is 1. The molecule has 0 amide bonds. The summed E-state index contributed by atoms with van der Waals surface area (Å²) in [6.45, 7) is 4.76. The van der Waals surface area contributed by atoms with Crippen molar-refractivity contribution in [3.63, 3.8) is 0 Å². The Morgan fingerprint density at radius 1 is 1.11 bits per heavy atom. The Morgan fingerprint density at radius 2 is 1.89 bits per heavy atom. The Labute approximate surface area is 167 Å². The lowest BCUT2D eigenvalue weighted by molar-refractivity contribution is -0.242. The smallest absolute Gasteiger partial charge is 0.331 e. The zero-order valence-electron chi connectivity index (χ0n) is 17.1. The molecule has 5 nitrogen and oxygen atoms in total. The molecule has 156 valence electrons. The highest BCUT2D eigenvalue weighted by Crippen LogP contribution is 2.69. The van der Waals surface area contributed by atoms with Crippen molar-refractivity contribution < 1.29 is 24.9 Å². The second-order valence-electron chi connectivity index (χ2n) is 10.9. The Hall–Kier alpha value is -0.910. The molecule has 3 N–H and O–H groups in total. The van der Waals surface area contributed by atoms with E-state index in [2.05, 4.69) is 13.8 Å². The first-order valence-electron chi connectivity index (χ1n) is 11.1. The normalized spacial score (nSPS) is 55.8. The Morgan fingerprint density at radius 3 is 2.61 bits per heavy atom. The van der Waals surface area contributed by atoms with Gasteiger partial charge in [-0.1, -0.05) is 13.8 Å². The van der Waals surface area contributed by atoms with Crippen LogP contribution in [0.5, 0.6) is 0 Å². The molecule has 9 atom stereocenters. The number of carbonyl (C=O) groups excluding carboxylic acids is 1. The van der Waals surface area contributed by atoms with Crippen LogP contribution in [-0.2, 0) is 9.53 Å². The molecule has 4 aliphatic carbocycles. The fourth-order valence-electron chi connectivity index (χ4n) is 8.49. The molecule has 8 unspecified atom stereocenters. The number of esters is 1. The molecule has 5 aliphatic rings. The van der Waals surface area contributed by atoms with Crippen molar-refractivity contribution in [3.05, 3.63) is 11.6 Å². The summed E-state index contributed by atoms with van der Waals surface area (Å²) in [5, 5.41) is 33.7. The summed E-state index contributed by atoms with van der Waals surface area (Å²) in [5.41, 5.74) is -0.250.